The van der Waals surface area contributed by atoms with Gasteiger partial charge in [0.15, 0.2) is 5.82 Å². The van der Waals surface area contributed by atoms with Crippen LogP contribution in [0.1, 0.15) is 6.92 Å². The lowest BCUT2D eigenvalue weighted by Gasteiger charge is -2.08. The molecular formula is C18H17ClN6O2S. The van der Waals surface area contributed by atoms with Crippen molar-refractivity contribution in [2.45, 2.75) is 12.1 Å². The van der Waals surface area contributed by atoms with Crippen molar-refractivity contribution in [3.63, 3.8) is 0 Å². The molecule has 0 spiro atoms. The van der Waals surface area contributed by atoms with Crippen molar-refractivity contribution in [2.75, 3.05) is 22.2 Å². The first-order valence-electron chi connectivity index (χ1n) is 8.19. The van der Waals surface area contributed by atoms with Gasteiger partial charge in [0.1, 0.15) is 0 Å². The van der Waals surface area contributed by atoms with E-state index in [1.165, 1.54) is 11.6 Å². The Balaban J connectivity index is 1.61. The largest absolute Gasteiger partial charge is 0.335 e. The fraction of sp³-hybridized carbons (Fsp3) is 0.111. The maximum Gasteiger partial charge on any atom is 0.234 e. The molecule has 0 aliphatic carbocycles. The monoisotopic (exact) mass is 416 g/mol. The minimum atomic E-state index is -0.235. The van der Waals surface area contributed by atoms with Crippen molar-refractivity contribution in [3.8, 4) is 11.4 Å². The van der Waals surface area contributed by atoms with E-state index in [2.05, 4.69) is 20.8 Å². The Hall–Kier alpha value is -3.04. The fourth-order valence-corrected chi connectivity index (χ4v) is 3.16. The highest BCUT2D eigenvalue weighted by molar-refractivity contribution is 7.99. The Morgan fingerprint density at radius 2 is 1.79 bits per heavy atom. The number of carbonyl (C=O) groups is 2. The molecule has 10 heteroatoms. The van der Waals surface area contributed by atoms with Crippen molar-refractivity contribution in [2.24, 2.45) is 0 Å². The third-order valence-corrected chi connectivity index (χ3v) is 4.76. The molecule has 0 unspecified atom stereocenters. The van der Waals surface area contributed by atoms with Gasteiger partial charge in [-0.2, -0.15) is 0 Å². The SMILES string of the molecule is CC(=O)Nc1cccc(NC(=O)CSc2nnc(-c3ccc(Cl)cc3)n2N)c1. The number of thioether (sulfide) groups is 1. The number of carbonyl (C=O) groups excluding carboxylic acids is 2. The van der Waals surface area contributed by atoms with Crippen LogP contribution >= 0.6 is 23.4 Å². The quantitative estimate of drug-likeness (QED) is 0.420. The highest BCUT2D eigenvalue weighted by atomic mass is 35.5. The van der Waals surface area contributed by atoms with Gasteiger partial charge in [-0.15, -0.1) is 10.2 Å². The summed E-state index contributed by atoms with van der Waals surface area (Å²) >= 11 is 7.05. The highest BCUT2D eigenvalue weighted by Crippen LogP contribution is 2.23. The van der Waals surface area contributed by atoms with Gasteiger partial charge in [-0.1, -0.05) is 29.4 Å². The van der Waals surface area contributed by atoms with E-state index in [0.717, 1.165) is 17.3 Å². The number of anilines is 2. The van der Waals surface area contributed by atoms with E-state index in [9.17, 15) is 9.59 Å². The molecule has 8 nitrogen and oxygen atoms in total. The topological polar surface area (TPSA) is 115 Å². The Bertz CT molecular complexity index is 1010. The average molecular weight is 417 g/mol. The number of hydrogen-bond acceptors (Lipinski definition) is 6. The lowest BCUT2D eigenvalue weighted by Crippen LogP contribution is -2.16. The summed E-state index contributed by atoms with van der Waals surface area (Å²) in [6.07, 6.45) is 0. The van der Waals surface area contributed by atoms with Crippen LogP contribution in [0.15, 0.2) is 53.7 Å². The molecule has 0 aliphatic heterocycles. The molecule has 0 atom stereocenters. The Kier molecular flexibility index (Phi) is 6.17. The van der Waals surface area contributed by atoms with E-state index in [1.54, 1.807) is 48.5 Å². The predicted octanol–water partition coefficient (Wildman–Crippen LogP) is 3.00. The summed E-state index contributed by atoms with van der Waals surface area (Å²) in [7, 11) is 0. The second kappa shape index (κ2) is 8.77. The van der Waals surface area contributed by atoms with E-state index in [-0.39, 0.29) is 17.6 Å². The van der Waals surface area contributed by atoms with Gasteiger partial charge in [0, 0.05) is 28.9 Å². The third kappa shape index (κ3) is 5.02. The molecular weight excluding hydrogens is 400 g/mol. The number of nitrogen functional groups attached to an aromatic ring is 1. The molecule has 3 rings (SSSR count). The number of amides is 2. The number of rotatable bonds is 6. The summed E-state index contributed by atoms with van der Waals surface area (Å²) in [6.45, 7) is 1.42. The summed E-state index contributed by atoms with van der Waals surface area (Å²) in [6, 6.07) is 13.9. The molecule has 144 valence electrons. The number of nitrogens with one attached hydrogen (secondary N) is 2. The number of hydrogen-bond donors (Lipinski definition) is 3. The summed E-state index contributed by atoms with van der Waals surface area (Å²) in [5.41, 5.74) is 1.95. The van der Waals surface area contributed by atoms with Crippen LogP contribution in [0, 0.1) is 0 Å². The lowest BCUT2D eigenvalue weighted by atomic mass is 10.2. The molecule has 28 heavy (non-hydrogen) atoms. The summed E-state index contributed by atoms with van der Waals surface area (Å²) in [5.74, 6) is 6.20. The second-order valence-corrected chi connectivity index (χ2v) is 7.16. The minimum Gasteiger partial charge on any atom is -0.335 e. The first-order valence-corrected chi connectivity index (χ1v) is 9.55. The lowest BCUT2D eigenvalue weighted by molar-refractivity contribution is -0.114. The van der Waals surface area contributed by atoms with Gasteiger partial charge < -0.3 is 16.5 Å². The van der Waals surface area contributed by atoms with Gasteiger partial charge in [-0.25, -0.2) is 4.68 Å². The normalized spacial score (nSPS) is 10.5. The molecule has 3 aromatic rings. The zero-order valence-corrected chi connectivity index (χ0v) is 16.4. The number of nitrogens with zero attached hydrogens (tertiary/aromatic N) is 3. The van der Waals surface area contributed by atoms with E-state index in [4.69, 9.17) is 17.4 Å². The van der Waals surface area contributed by atoms with E-state index >= 15 is 0 Å². The first kappa shape index (κ1) is 19.7. The Labute approximate surface area is 170 Å². The number of nitrogens with two attached hydrogens (primary N) is 1. The number of aromatic nitrogens is 3. The van der Waals surface area contributed by atoms with Crippen molar-refractivity contribution < 1.29 is 9.59 Å². The Morgan fingerprint density at radius 1 is 1.11 bits per heavy atom. The van der Waals surface area contributed by atoms with Gasteiger partial charge in [-0.05, 0) is 42.5 Å². The molecule has 4 N–H and O–H groups in total. The van der Waals surface area contributed by atoms with Crippen molar-refractivity contribution >= 4 is 46.6 Å². The molecule has 0 bridgehead atoms. The van der Waals surface area contributed by atoms with Crippen LogP contribution in [0.25, 0.3) is 11.4 Å². The molecule has 0 saturated carbocycles. The van der Waals surface area contributed by atoms with Gasteiger partial charge in [0.25, 0.3) is 0 Å². The molecule has 1 aromatic heterocycles. The van der Waals surface area contributed by atoms with Gasteiger partial charge in [0.05, 0.1) is 5.75 Å². The summed E-state index contributed by atoms with van der Waals surface area (Å²) in [5, 5.41) is 14.6. The van der Waals surface area contributed by atoms with Crippen LogP contribution in [0.3, 0.4) is 0 Å². The standard InChI is InChI=1S/C18H17ClN6O2S/c1-11(26)21-14-3-2-4-15(9-14)22-16(27)10-28-18-24-23-17(25(18)20)12-5-7-13(19)8-6-12/h2-9H,10,20H2,1H3,(H,21,26)(H,22,27). The number of benzene rings is 2. The van der Waals surface area contributed by atoms with Gasteiger partial charge in [-0.3, -0.25) is 9.59 Å². The van der Waals surface area contributed by atoms with Crippen molar-refractivity contribution in [3.05, 3.63) is 53.6 Å². The van der Waals surface area contributed by atoms with Gasteiger partial charge >= 0.3 is 0 Å². The molecule has 0 fully saturated rings. The fourth-order valence-electron chi connectivity index (χ4n) is 2.38. The maximum atomic E-state index is 12.2. The van der Waals surface area contributed by atoms with Crippen LogP contribution < -0.4 is 16.5 Å². The second-order valence-electron chi connectivity index (χ2n) is 5.78. The molecule has 2 aromatic carbocycles. The van der Waals surface area contributed by atoms with Crippen LogP contribution in [-0.2, 0) is 9.59 Å². The predicted molar refractivity (Wildman–Crippen MR) is 111 cm³/mol. The van der Waals surface area contributed by atoms with Crippen LogP contribution in [0.2, 0.25) is 5.02 Å². The van der Waals surface area contributed by atoms with E-state index in [1.807, 2.05) is 0 Å². The molecule has 0 aliphatic rings. The van der Waals surface area contributed by atoms with Crippen LogP contribution in [-0.4, -0.2) is 32.4 Å². The highest BCUT2D eigenvalue weighted by Gasteiger charge is 2.14. The summed E-state index contributed by atoms with van der Waals surface area (Å²) in [4.78, 5) is 23.3. The third-order valence-electron chi connectivity index (χ3n) is 3.57. The molecule has 0 saturated heterocycles. The first-order chi connectivity index (χ1) is 13.4. The smallest absolute Gasteiger partial charge is 0.234 e. The Morgan fingerprint density at radius 3 is 2.46 bits per heavy atom. The molecule has 0 radical (unpaired) electrons. The van der Waals surface area contributed by atoms with Crippen molar-refractivity contribution in [1.29, 1.82) is 0 Å². The zero-order chi connectivity index (χ0) is 20.1. The maximum absolute atomic E-state index is 12.2. The van der Waals surface area contributed by atoms with Crippen LogP contribution in [0.5, 0.6) is 0 Å². The van der Waals surface area contributed by atoms with E-state index in [0.29, 0.717) is 27.4 Å². The van der Waals surface area contributed by atoms with Crippen molar-refractivity contribution in [1.82, 2.24) is 14.9 Å². The number of halogens is 1. The summed E-state index contributed by atoms with van der Waals surface area (Å²) < 4.78 is 1.33. The average Bonchev–Trinajstić information content (AvgIpc) is 3.01. The van der Waals surface area contributed by atoms with E-state index < -0.39 is 0 Å². The van der Waals surface area contributed by atoms with Crippen LogP contribution in [0.4, 0.5) is 11.4 Å². The molecule has 2 amide bonds. The zero-order valence-electron chi connectivity index (χ0n) is 14.8. The van der Waals surface area contributed by atoms with Gasteiger partial charge in [0.2, 0.25) is 17.0 Å². The molecule has 1 heterocycles. The minimum absolute atomic E-state index is 0.0975.